The van der Waals surface area contributed by atoms with Gasteiger partial charge in [-0.15, -0.1) is 0 Å². The van der Waals surface area contributed by atoms with E-state index in [1.165, 1.54) is 18.2 Å². The van der Waals surface area contributed by atoms with E-state index in [9.17, 15) is 14.9 Å². The maximum absolute atomic E-state index is 12.5. The number of amides is 1. The number of nitrogen functional groups attached to an aromatic ring is 1. The van der Waals surface area contributed by atoms with Crippen LogP contribution in [0.2, 0.25) is 0 Å². The molecule has 0 saturated heterocycles. The van der Waals surface area contributed by atoms with Gasteiger partial charge in [0.1, 0.15) is 5.69 Å². The molecule has 7 heteroatoms. The van der Waals surface area contributed by atoms with Crippen LogP contribution in [0, 0.1) is 10.1 Å². The van der Waals surface area contributed by atoms with E-state index < -0.39 is 4.92 Å². The smallest absolute Gasteiger partial charge is 0.292 e. The molecule has 7 nitrogen and oxygen atoms in total. The van der Waals surface area contributed by atoms with Crippen LogP contribution in [0.3, 0.4) is 0 Å². The molecule has 0 aliphatic heterocycles. The number of nitro benzene ring substituents is 1. The molecule has 2 N–H and O–H groups in total. The van der Waals surface area contributed by atoms with Gasteiger partial charge < -0.3 is 15.5 Å². The molecule has 0 spiro atoms. The highest BCUT2D eigenvalue weighted by Gasteiger charge is 2.23. The van der Waals surface area contributed by atoms with E-state index in [0.717, 1.165) is 6.54 Å². The van der Waals surface area contributed by atoms with Crippen molar-refractivity contribution in [1.82, 2.24) is 9.80 Å². The number of rotatable bonds is 6. The zero-order valence-corrected chi connectivity index (χ0v) is 12.9. The van der Waals surface area contributed by atoms with Gasteiger partial charge in [0, 0.05) is 30.8 Å². The van der Waals surface area contributed by atoms with Crippen molar-refractivity contribution in [1.29, 1.82) is 0 Å². The molecule has 1 aromatic rings. The van der Waals surface area contributed by atoms with Crippen molar-refractivity contribution in [3.05, 3.63) is 33.9 Å². The highest BCUT2D eigenvalue weighted by molar-refractivity contribution is 5.95. The number of anilines is 1. The molecule has 1 unspecified atom stereocenters. The highest BCUT2D eigenvalue weighted by atomic mass is 16.6. The largest absolute Gasteiger partial charge is 0.393 e. The normalized spacial score (nSPS) is 12.2. The standard InChI is InChI=1S/C14H22N4O3/c1-5-17(10(2)9-16(3)4)14(19)11-6-7-12(15)13(8-11)18(20)21/h6-8,10H,5,9,15H2,1-4H3. The third kappa shape index (κ3) is 4.16. The maximum Gasteiger partial charge on any atom is 0.292 e. The first-order chi connectivity index (χ1) is 9.77. The monoisotopic (exact) mass is 294 g/mol. The molecule has 0 aromatic heterocycles. The Labute approximate surface area is 124 Å². The van der Waals surface area contributed by atoms with Crippen molar-refractivity contribution in [3.8, 4) is 0 Å². The lowest BCUT2D eigenvalue weighted by Crippen LogP contribution is -2.43. The zero-order valence-electron chi connectivity index (χ0n) is 12.9. The number of likely N-dealkylation sites (N-methyl/N-ethyl adjacent to an activating group) is 2. The van der Waals surface area contributed by atoms with Crippen LogP contribution < -0.4 is 5.73 Å². The Morgan fingerprint density at radius 2 is 2.05 bits per heavy atom. The number of nitrogens with two attached hydrogens (primary N) is 1. The van der Waals surface area contributed by atoms with Crippen LogP contribution in [0.15, 0.2) is 18.2 Å². The summed E-state index contributed by atoms with van der Waals surface area (Å²) in [7, 11) is 3.87. The zero-order chi connectivity index (χ0) is 16.2. The van der Waals surface area contributed by atoms with Gasteiger partial charge in [-0.25, -0.2) is 0 Å². The predicted molar refractivity (Wildman–Crippen MR) is 82.2 cm³/mol. The van der Waals surface area contributed by atoms with Crippen molar-refractivity contribution >= 4 is 17.3 Å². The van der Waals surface area contributed by atoms with E-state index in [1.54, 1.807) is 4.90 Å². The van der Waals surface area contributed by atoms with Gasteiger partial charge in [-0.2, -0.15) is 0 Å². The van der Waals surface area contributed by atoms with Gasteiger partial charge in [0.15, 0.2) is 0 Å². The van der Waals surface area contributed by atoms with E-state index in [2.05, 4.69) is 0 Å². The summed E-state index contributed by atoms with van der Waals surface area (Å²) in [6.45, 7) is 5.09. The Balaban J connectivity index is 3.05. The van der Waals surface area contributed by atoms with Crippen molar-refractivity contribution in [2.45, 2.75) is 19.9 Å². The molecule has 1 aromatic carbocycles. The van der Waals surface area contributed by atoms with E-state index in [0.29, 0.717) is 6.54 Å². The molecule has 1 amide bonds. The van der Waals surface area contributed by atoms with Crippen molar-refractivity contribution in [3.63, 3.8) is 0 Å². The lowest BCUT2D eigenvalue weighted by molar-refractivity contribution is -0.383. The number of hydrogen-bond acceptors (Lipinski definition) is 5. The third-order valence-corrected chi connectivity index (χ3v) is 3.24. The van der Waals surface area contributed by atoms with Crippen LogP contribution in [0.4, 0.5) is 11.4 Å². The fourth-order valence-corrected chi connectivity index (χ4v) is 2.28. The van der Waals surface area contributed by atoms with Gasteiger partial charge in [0.25, 0.3) is 11.6 Å². The first-order valence-corrected chi connectivity index (χ1v) is 6.77. The molecule has 0 radical (unpaired) electrons. The van der Waals surface area contributed by atoms with Crippen LogP contribution in [-0.4, -0.2) is 53.9 Å². The number of benzene rings is 1. The van der Waals surface area contributed by atoms with E-state index >= 15 is 0 Å². The topological polar surface area (TPSA) is 92.7 Å². The second-order valence-corrected chi connectivity index (χ2v) is 5.23. The molecular weight excluding hydrogens is 272 g/mol. The first-order valence-electron chi connectivity index (χ1n) is 6.77. The van der Waals surface area contributed by atoms with E-state index in [4.69, 9.17) is 5.73 Å². The molecule has 0 aliphatic carbocycles. The Morgan fingerprint density at radius 3 is 2.52 bits per heavy atom. The summed E-state index contributed by atoms with van der Waals surface area (Å²) in [5, 5.41) is 10.9. The molecule has 1 rings (SSSR count). The van der Waals surface area contributed by atoms with Gasteiger partial charge in [-0.1, -0.05) is 0 Å². The average Bonchev–Trinajstić information content (AvgIpc) is 2.38. The van der Waals surface area contributed by atoms with Gasteiger partial charge in [0.05, 0.1) is 4.92 Å². The van der Waals surface area contributed by atoms with Gasteiger partial charge in [0.2, 0.25) is 0 Å². The second-order valence-electron chi connectivity index (χ2n) is 5.23. The summed E-state index contributed by atoms with van der Waals surface area (Å²) < 4.78 is 0. The SMILES string of the molecule is CCN(C(=O)c1ccc(N)c([N+](=O)[O-])c1)C(C)CN(C)C. The Hall–Kier alpha value is -2.15. The molecule has 1 atom stereocenters. The average molecular weight is 294 g/mol. The summed E-state index contributed by atoms with van der Waals surface area (Å²) in [5.74, 6) is -0.227. The number of carbonyl (C=O) groups is 1. The van der Waals surface area contributed by atoms with Crippen LogP contribution in [0.1, 0.15) is 24.2 Å². The molecule has 0 aliphatic rings. The number of nitro groups is 1. The predicted octanol–water partition coefficient (Wildman–Crippen LogP) is 1.59. The molecular formula is C14H22N4O3. The van der Waals surface area contributed by atoms with Gasteiger partial charge in [-0.3, -0.25) is 14.9 Å². The summed E-state index contributed by atoms with van der Waals surface area (Å²) in [4.78, 5) is 26.5. The number of hydrogen-bond donors (Lipinski definition) is 1. The summed E-state index contributed by atoms with van der Waals surface area (Å²) >= 11 is 0. The summed E-state index contributed by atoms with van der Waals surface area (Å²) in [5.41, 5.74) is 5.65. The Morgan fingerprint density at radius 1 is 1.43 bits per heavy atom. The van der Waals surface area contributed by atoms with Crippen molar-refractivity contribution < 1.29 is 9.72 Å². The van der Waals surface area contributed by atoms with Crippen LogP contribution in [-0.2, 0) is 0 Å². The van der Waals surface area contributed by atoms with Crippen LogP contribution >= 0.6 is 0 Å². The summed E-state index contributed by atoms with van der Waals surface area (Å²) in [6.07, 6.45) is 0. The molecule has 0 saturated carbocycles. The lowest BCUT2D eigenvalue weighted by Gasteiger charge is -2.30. The third-order valence-electron chi connectivity index (χ3n) is 3.24. The second kappa shape index (κ2) is 7.03. The fourth-order valence-electron chi connectivity index (χ4n) is 2.28. The molecule has 0 bridgehead atoms. The molecule has 116 valence electrons. The molecule has 0 fully saturated rings. The molecule has 21 heavy (non-hydrogen) atoms. The minimum atomic E-state index is -0.578. The molecule has 0 heterocycles. The van der Waals surface area contributed by atoms with Gasteiger partial charge in [-0.05, 0) is 40.1 Å². The van der Waals surface area contributed by atoms with E-state index in [1.807, 2.05) is 32.8 Å². The maximum atomic E-state index is 12.5. The minimum Gasteiger partial charge on any atom is -0.393 e. The first kappa shape index (κ1) is 16.9. The van der Waals surface area contributed by atoms with E-state index in [-0.39, 0.29) is 28.9 Å². The van der Waals surface area contributed by atoms with Crippen molar-refractivity contribution in [2.24, 2.45) is 0 Å². The number of nitrogens with zero attached hydrogens (tertiary/aromatic N) is 3. The highest BCUT2D eigenvalue weighted by Crippen LogP contribution is 2.23. The lowest BCUT2D eigenvalue weighted by atomic mass is 10.1. The van der Waals surface area contributed by atoms with Gasteiger partial charge >= 0.3 is 0 Å². The minimum absolute atomic E-state index is 0.00843. The van der Waals surface area contributed by atoms with Crippen LogP contribution in [0.25, 0.3) is 0 Å². The van der Waals surface area contributed by atoms with Crippen LogP contribution in [0.5, 0.6) is 0 Å². The van der Waals surface area contributed by atoms with Crippen molar-refractivity contribution in [2.75, 3.05) is 32.9 Å². The number of carbonyl (C=O) groups excluding carboxylic acids is 1. The summed E-state index contributed by atoms with van der Waals surface area (Å²) in [6, 6.07) is 4.17. The Bertz CT molecular complexity index is 531. The quantitative estimate of drug-likeness (QED) is 0.488. The fraction of sp³-hybridized carbons (Fsp3) is 0.500. The Kier molecular flexibility index (Phi) is 5.66.